The van der Waals surface area contributed by atoms with Crippen molar-refractivity contribution in [1.82, 2.24) is 18.8 Å². The maximum absolute atomic E-state index is 12.7. The van der Waals surface area contributed by atoms with Gasteiger partial charge in [0.15, 0.2) is 0 Å². The number of nitrogens with one attached hydrogen (secondary N) is 1. The molecule has 4 heterocycles. The molecule has 0 atom stereocenters. The zero-order chi connectivity index (χ0) is 24.3. The van der Waals surface area contributed by atoms with E-state index in [0.29, 0.717) is 62.6 Å². The first kappa shape index (κ1) is 23.4. The Morgan fingerprint density at radius 2 is 2.03 bits per heavy atom. The minimum atomic E-state index is -3.35. The fraction of sp³-hybridized carbons (Fsp3) is 0.391. The van der Waals surface area contributed by atoms with E-state index in [-0.39, 0.29) is 18.0 Å². The first-order valence-corrected chi connectivity index (χ1v) is 13.1. The summed E-state index contributed by atoms with van der Waals surface area (Å²) in [5.74, 6) is 0.887. The van der Waals surface area contributed by atoms with Crippen LogP contribution in [0.4, 0.5) is 5.82 Å². The number of carbonyl (C=O) groups excluding carboxylic acids is 1. The highest BCUT2D eigenvalue weighted by atomic mass is 32.2. The van der Waals surface area contributed by atoms with Gasteiger partial charge in [0, 0.05) is 44.0 Å². The molecule has 0 unspecified atom stereocenters. The summed E-state index contributed by atoms with van der Waals surface area (Å²) in [5.41, 5.74) is 1.21. The highest BCUT2D eigenvalue weighted by molar-refractivity contribution is 7.89. The Balaban J connectivity index is 1.38. The SMILES string of the molecule is O=C(N=c1nc2c(OCCCS(=O)(=O)N3CCOCC3)cccc2c2n1CCN2)c1cccnc1. The fourth-order valence-electron chi connectivity index (χ4n) is 4.15. The minimum absolute atomic E-state index is 0.00179. The van der Waals surface area contributed by atoms with Crippen molar-refractivity contribution in [3.05, 3.63) is 53.9 Å². The molecule has 0 bridgehead atoms. The van der Waals surface area contributed by atoms with Gasteiger partial charge in [-0.2, -0.15) is 9.30 Å². The number of fused-ring (bicyclic) bond motifs is 3. The fourth-order valence-corrected chi connectivity index (χ4v) is 5.59. The van der Waals surface area contributed by atoms with Crippen molar-refractivity contribution in [2.45, 2.75) is 13.0 Å². The Labute approximate surface area is 202 Å². The molecule has 0 spiro atoms. The predicted molar refractivity (Wildman–Crippen MR) is 129 cm³/mol. The zero-order valence-electron chi connectivity index (χ0n) is 19.1. The van der Waals surface area contributed by atoms with Crippen molar-refractivity contribution in [2.24, 2.45) is 4.99 Å². The van der Waals surface area contributed by atoms with Gasteiger partial charge >= 0.3 is 0 Å². The summed E-state index contributed by atoms with van der Waals surface area (Å²) >= 11 is 0. The summed E-state index contributed by atoms with van der Waals surface area (Å²) < 4.78 is 39.6. The quantitative estimate of drug-likeness (QED) is 0.479. The first-order valence-electron chi connectivity index (χ1n) is 11.5. The third-order valence-corrected chi connectivity index (χ3v) is 7.84. The maximum Gasteiger partial charge on any atom is 0.281 e. The number of rotatable bonds is 7. The number of carbonyl (C=O) groups is 1. The second-order valence-electron chi connectivity index (χ2n) is 8.18. The molecule has 0 radical (unpaired) electrons. The molecule has 0 saturated carbocycles. The van der Waals surface area contributed by atoms with E-state index >= 15 is 0 Å². The molecule has 184 valence electrons. The van der Waals surface area contributed by atoms with E-state index in [4.69, 9.17) is 9.47 Å². The van der Waals surface area contributed by atoms with Gasteiger partial charge in [-0.05, 0) is 30.7 Å². The van der Waals surface area contributed by atoms with Crippen LogP contribution in [-0.4, -0.2) is 78.4 Å². The van der Waals surface area contributed by atoms with Crippen LogP contribution in [0.15, 0.2) is 47.7 Å². The van der Waals surface area contributed by atoms with Gasteiger partial charge in [-0.25, -0.2) is 13.4 Å². The largest absolute Gasteiger partial charge is 0.491 e. The Morgan fingerprint density at radius 3 is 2.83 bits per heavy atom. The molecule has 2 aliphatic rings. The van der Waals surface area contributed by atoms with E-state index in [0.717, 1.165) is 11.2 Å². The van der Waals surface area contributed by atoms with Crippen LogP contribution >= 0.6 is 0 Å². The number of sulfonamides is 1. The molecule has 0 aliphatic carbocycles. The standard InChI is InChI=1S/C23H26N6O5S/c30-22(17-4-2-7-24-16-17)27-23-26-20-18(21-25-8-9-29(21)23)5-1-6-19(20)34-12-3-15-35(31,32)28-10-13-33-14-11-28/h1-2,4-7,16,25H,3,8-15H2. The first-order chi connectivity index (χ1) is 17.0. The molecule has 1 amide bonds. The average molecular weight is 499 g/mol. The third kappa shape index (κ3) is 5.04. The number of morpholine rings is 1. The second kappa shape index (κ2) is 10.1. The molecule has 2 aliphatic heterocycles. The Kier molecular flexibility index (Phi) is 6.75. The summed E-state index contributed by atoms with van der Waals surface area (Å²) in [5, 5.41) is 4.18. The summed E-state index contributed by atoms with van der Waals surface area (Å²) in [4.78, 5) is 25.6. The molecule has 2 aromatic heterocycles. The highest BCUT2D eigenvalue weighted by Gasteiger charge is 2.24. The molecular weight excluding hydrogens is 472 g/mol. The van der Waals surface area contributed by atoms with Gasteiger partial charge < -0.3 is 14.8 Å². The van der Waals surface area contributed by atoms with E-state index in [2.05, 4.69) is 20.3 Å². The number of hydrogen-bond donors (Lipinski definition) is 1. The van der Waals surface area contributed by atoms with Crippen LogP contribution in [0.3, 0.4) is 0 Å². The number of anilines is 1. The molecule has 1 saturated heterocycles. The van der Waals surface area contributed by atoms with Crippen LogP contribution in [0, 0.1) is 0 Å². The van der Waals surface area contributed by atoms with Gasteiger partial charge in [0.05, 0.1) is 31.1 Å². The van der Waals surface area contributed by atoms with E-state index in [1.165, 1.54) is 10.5 Å². The number of amides is 1. The lowest BCUT2D eigenvalue weighted by Gasteiger charge is -2.26. The van der Waals surface area contributed by atoms with Gasteiger partial charge in [-0.15, -0.1) is 0 Å². The van der Waals surface area contributed by atoms with Crippen LogP contribution in [-0.2, 0) is 21.3 Å². The molecule has 5 rings (SSSR count). The Bertz CT molecular complexity index is 1400. The third-order valence-electron chi connectivity index (χ3n) is 5.88. The van der Waals surface area contributed by atoms with E-state index < -0.39 is 15.9 Å². The number of para-hydroxylation sites is 1. The van der Waals surface area contributed by atoms with Crippen LogP contribution < -0.4 is 15.7 Å². The van der Waals surface area contributed by atoms with Crippen molar-refractivity contribution in [3.63, 3.8) is 0 Å². The smallest absolute Gasteiger partial charge is 0.281 e. The maximum atomic E-state index is 12.7. The van der Waals surface area contributed by atoms with E-state index in [9.17, 15) is 13.2 Å². The molecule has 1 aromatic carbocycles. The summed E-state index contributed by atoms with van der Waals surface area (Å²) in [6.07, 6.45) is 3.40. The molecule has 1 N–H and O–H groups in total. The van der Waals surface area contributed by atoms with Gasteiger partial charge in [0.1, 0.15) is 17.1 Å². The molecule has 3 aromatic rings. The van der Waals surface area contributed by atoms with Crippen molar-refractivity contribution >= 4 is 32.7 Å². The lowest BCUT2D eigenvalue weighted by Crippen LogP contribution is -2.42. The van der Waals surface area contributed by atoms with Crippen LogP contribution in [0.25, 0.3) is 10.9 Å². The predicted octanol–water partition coefficient (Wildman–Crippen LogP) is 1.03. The van der Waals surface area contributed by atoms with Crippen LogP contribution in [0.2, 0.25) is 0 Å². The lowest BCUT2D eigenvalue weighted by molar-refractivity contribution is 0.0730. The topological polar surface area (TPSA) is 128 Å². The number of hydrogen-bond acceptors (Lipinski definition) is 8. The minimum Gasteiger partial charge on any atom is -0.491 e. The van der Waals surface area contributed by atoms with Gasteiger partial charge in [-0.3, -0.25) is 14.3 Å². The van der Waals surface area contributed by atoms with Crippen molar-refractivity contribution in [1.29, 1.82) is 0 Å². The lowest BCUT2D eigenvalue weighted by atomic mass is 10.2. The van der Waals surface area contributed by atoms with Crippen molar-refractivity contribution in [3.8, 4) is 5.75 Å². The molecular formula is C23H26N6O5S. The van der Waals surface area contributed by atoms with E-state index in [1.54, 1.807) is 24.4 Å². The Morgan fingerprint density at radius 1 is 1.17 bits per heavy atom. The Hall–Kier alpha value is -3.35. The second-order valence-corrected chi connectivity index (χ2v) is 10.3. The zero-order valence-corrected chi connectivity index (χ0v) is 19.9. The number of nitrogens with zero attached hydrogens (tertiary/aromatic N) is 5. The summed E-state index contributed by atoms with van der Waals surface area (Å²) in [6, 6.07) is 8.91. The molecule has 12 heteroatoms. The number of benzene rings is 1. The monoisotopic (exact) mass is 498 g/mol. The molecule has 11 nitrogen and oxygen atoms in total. The number of ether oxygens (including phenoxy) is 2. The number of aromatic nitrogens is 3. The summed E-state index contributed by atoms with van der Waals surface area (Å²) in [7, 11) is -3.35. The average Bonchev–Trinajstić information content (AvgIpc) is 3.39. The normalized spacial score (nSPS) is 16.7. The van der Waals surface area contributed by atoms with Crippen molar-refractivity contribution in [2.75, 3.05) is 50.5 Å². The van der Waals surface area contributed by atoms with Gasteiger partial charge in [0.2, 0.25) is 15.6 Å². The van der Waals surface area contributed by atoms with Crippen LogP contribution in [0.5, 0.6) is 5.75 Å². The number of pyridine rings is 1. The molecule has 1 fully saturated rings. The van der Waals surface area contributed by atoms with Crippen molar-refractivity contribution < 1.29 is 22.7 Å². The highest BCUT2D eigenvalue weighted by Crippen LogP contribution is 2.29. The van der Waals surface area contributed by atoms with Gasteiger partial charge in [-0.1, -0.05) is 6.07 Å². The van der Waals surface area contributed by atoms with Gasteiger partial charge in [0.25, 0.3) is 5.91 Å². The molecule has 35 heavy (non-hydrogen) atoms. The summed E-state index contributed by atoms with van der Waals surface area (Å²) in [6.45, 7) is 3.14. The van der Waals surface area contributed by atoms with E-state index in [1.807, 2.05) is 16.7 Å². The van der Waals surface area contributed by atoms with Crippen LogP contribution in [0.1, 0.15) is 16.8 Å².